The molecule has 2 rings (SSSR count). The van der Waals surface area contributed by atoms with Gasteiger partial charge in [-0.15, -0.1) is 0 Å². The second kappa shape index (κ2) is 4.15. The van der Waals surface area contributed by atoms with Crippen LogP contribution in [0.3, 0.4) is 0 Å². The maximum absolute atomic E-state index is 13.4. The standard InChI is InChI=1S/C12H10FN3/c1-9-4-5-16(15-9)8-11-6-10(7-14)2-3-12(11)13/h2-6H,8H2,1H3. The molecule has 0 saturated heterocycles. The van der Waals surface area contributed by atoms with E-state index in [1.54, 1.807) is 16.9 Å². The number of aromatic nitrogens is 2. The Morgan fingerprint density at radius 3 is 2.88 bits per heavy atom. The summed E-state index contributed by atoms with van der Waals surface area (Å²) in [4.78, 5) is 0. The van der Waals surface area contributed by atoms with E-state index in [0.717, 1.165) is 5.69 Å². The van der Waals surface area contributed by atoms with Gasteiger partial charge >= 0.3 is 0 Å². The number of halogens is 1. The second-order valence-corrected chi connectivity index (χ2v) is 3.57. The maximum Gasteiger partial charge on any atom is 0.128 e. The zero-order valence-corrected chi connectivity index (χ0v) is 8.81. The van der Waals surface area contributed by atoms with Crippen molar-refractivity contribution in [2.24, 2.45) is 0 Å². The third-order valence-electron chi connectivity index (χ3n) is 2.28. The molecule has 1 aromatic heterocycles. The number of hydrogen-bond acceptors (Lipinski definition) is 2. The van der Waals surface area contributed by atoms with Crippen LogP contribution < -0.4 is 0 Å². The fourth-order valence-corrected chi connectivity index (χ4v) is 1.49. The Labute approximate surface area is 92.7 Å². The fraction of sp³-hybridized carbons (Fsp3) is 0.167. The van der Waals surface area contributed by atoms with E-state index in [1.807, 2.05) is 19.1 Å². The predicted octanol–water partition coefficient (Wildman–Crippen LogP) is 2.25. The minimum Gasteiger partial charge on any atom is -0.268 e. The molecular formula is C12H10FN3. The van der Waals surface area contributed by atoms with Crippen molar-refractivity contribution in [1.29, 1.82) is 5.26 Å². The summed E-state index contributed by atoms with van der Waals surface area (Å²) in [6.07, 6.45) is 1.79. The van der Waals surface area contributed by atoms with Gasteiger partial charge in [-0.3, -0.25) is 4.68 Å². The smallest absolute Gasteiger partial charge is 0.128 e. The number of rotatable bonds is 2. The summed E-state index contributed by atoms with van der Waals surface area (Å²) in [6.45, 7) is 2.22. The molecule has 0 bridgehead atoms. The first-order valence-corrected chi connectivity index (χ1v) is 4.87. The van der Waals surface area contributed by atoms with Crippen molar-refractivity contribution >= 4 is 0 Å². The highest BCUT2D eigenvalue weighted by atomic mass is 19.1. The van der Waals surface area contributed by atoms with Crippen LogP contribution in [0.25, 0.3) is 0 Å². The van der Waals surface area contributed by atoms with Gasteiger partial charge in [0.05, 0.1) is 23.9 Å². The summed E-state index contributed by atoms with van der Waals surface area (Å²) >= 11 is 0. The van der Waals surface area contributed by atoms with Gasteiger partial charge < -0.3 is 0 Å². The third-order valence-corrected chi connectivity index (χ3v) is 2.28. The largest absolute Gasteiger partial charge is 0.268 e. The van der Waals surface area contributed by atoms with Gasteiger partial charge in [0, 0.05) is 11.8 Å². The molecule has 1 aromatic carbocycles. The van der Waals surface area contributed by atoms with Gasteiger partial charge in [-0.25, -0.2) is 4.39 Å². The summed E-state index contributed by atoms with van der Waals surface area (Å²) in [6, 6.07) is 8.17. The lowest BCUT2D eigenvalue weighted by Crippen LogP contribution is -2.03. The summed E-state index contributed by atoms with van der Waals surface area (Å²) < 4.78 is 15.1. The molecule has 0 spiro atoms. The van der Waals surface area contributed by atoms with E-state index >= 15 is 0 Å². The van der Waals surface area contributed by atoms with Crippen LogP contribution in [0.2, 0.25) is 0 Å². The first kappa shape index (κ1) is 10.4. The van der Waals surface area contributed by atoms with E-state index in [1.165, 1.54) is 12.1 Å². The van der Waals surface area contributed by atoms with Crippen molar-refractivity contribution < 1.29 is 4.39 Å². The molecule has 2 aromatic rings. The maximum atomic E-state index is 13.4. The van der Waals surface area contributed by atoms with Gasteiger partial charge in [-0.1, -0.05) is 0 Å². The zero-order chi connectivity index (χ0) is 11.5. The average molecular weight is 215 g/mol. The van der Waals surface area contributed by atoms with E-state index in [-0.39, 0.29) is 5.82 Å². The molecule has 0 aliphatic rings. The van der Waals surface area contributed by atoms with Crippen LogP contribution in [0, 0.1) is 24.1 Å². The molecule has 0 aliphatic carbocycles. The summed E-state index contributed by atoms with van der Waals surface area (Å²) in [7, 11) is 0. The third kappa shape index (κ3) is 2.09. The van der Waals surface area contributed by atoms with Gasteiger partial charge in [-0.2, -0.15) is 10.4 Å². The monoisotopic (exact) mass is 215 g/mol. The lowest BCUT2D eigenvalue weighted by atomic mass is 10.1. The second-order valence-electron chi connectivity index (χ2n) is 3.57. The topological polar surface area (TPSA) is 41.6 Å². The van der Waals surface area contributed by atoms with Crippen LogP contribution in [0.5, 0.6) is 0 Å². The fourth-order valence-electron chi connectivity index (χ4n) is 1.49. The molecule has 0 N–H and O–H groups in total. The highest BCUT2D eigenvalue weighted by molar-refractivity contribution is 5.33. The Kier molecular flexibility index (Phi) is 2.69. The van der Waals surface area contributed by atoms with E-state index in [2.05, 4.69) is 5.10 Å². The van der Waals surface area contributed by atoms with Crippen molar-refractivity contribution in [1.82, 2.24) is 9.78 Å². The lowest BCUT2D eigenvalue weighted by molar-refractivity contribution is 0.583. The Bertz CT molecular complexity index is 552. The molecular weight excluding hydrogens is 205 g/mol. The number of hydrogen-bond donors (Lipinski definition) is 0. The van der Waals surface area contributed by atoms with Gasteiger partial charge in [0.2, 0.25) is 0 Å². The van der Waals surface area contributed by atoms with E-state index in [0.29, 0.717) is 17.7 Å². The van der Waals surface area contributed by atoms with Crippen molar-refractivity contribution in [2.75, 3.05) is 0 Å². The van der Waals surface area contributed by atoms with Crippen LogP contribution in [-0.4, -0.2) is 9.78 Å². The van der Waals surface area contributed by atoms with Crippen molar-refractivity contribution in [3.63, 3.8) is 0 Å². The Morgan fingerprint density at radius 2 is 2.25 bits per heavy atom. The molecule has 0 aliphatic heterocycles. The highest BCUT2D eigenvalue weighted by Crippen LogP contribution is 2.11. The molecule has 80 valence electrons. The normalized spacial score (nSPS) is 10.1. The first-order chi connectivity index (χ1) is 7.69. The van der Waals surface area contributed by atoms with E-state index in [4.69, 9.17) is 5.26 Å². The molecule has 16 heavy (non-hydrogen) atoms. The average Bonchev–Trinajstić information content (AvgIpc) is 2.67. The van der Waals surface area contributed by atoms with Crippen molar-refractivity contribution in [3.05, 3.63) is 53.1 Å². The molecule has 0 unspecified atom stereocenters. The summed E-state index contributed by atoms with van der Waals surface area (Å²) in [5.74, 6) is -0.313. The first-order valence-electron chi connectivity index (χ1n) is 4.87. The van der Waals surface area contributed by atoms with Crippen LogP contribution in [-0.2, 0) is 6.54 Å². The Balaban J connectivity index is 2.30. The van der Waals surface area contributed by atoms with Crippen LogP contribution in [0.15, 0.2) is 30.5 Å². The van der Waals surface area contributed by atoms with E-state index in [9.17, 15) is 4.39 Å². The predicted molar refractivity (Wildman–Crippen MR) is 57.2 cm³/mol. The molecule has 0 radical (unpaired) electrons. The van der Waals surface area contributed by atoms with Gasteiger partial charge in [0.25, 0.3) is 0 Å². The van der Waals surface area contributed by atoms with Gasteiger partial charge in [-0.05, 0) is 31.2 Å². The minimum absolute atomic E-state index is 0.313. The van der Waals surface area contributed by atoms with Crippen LogP contribution in [0.1, 0.15) is 16.8 Å². The Hall–Kier alpha value is -2.15. The molecule has 3 nitrogen and oxygen atoms in total. The molecule has 1 heterocycles. The van der Waals surface area contributed by atoms with Crippen molar-refractivity contribution in [2.45, 2.75) is 13.5 Å². The molecule has 4 heteroatoms. The molecule has 0 fully saturated rings. The van der Waals surface area contributed by atoms with Gasteiger partial charge in [0.1, 0.15) is 5.82 Å². The van der Waals surface area contributed by atoms with Crippen LogP contribution in [0.4, 0.5) is 4.39 Å². The Morgan fingerprint density at radius 1 is 1.44 bits per heavy atom. The highest BCUT2D eigenvalue weighted by Gasteiger charge is 2.05. The van der Waals surface area contributed by atoms with E-state index < -0.39 is 0 Å². The van der Waals surface area contributed by atoms with Crippen LogP contribution >= 0.6 is 0 Å². The number of nitriles is 1. The molecule has 0 atom stereocenters. The van der Waals surface area contributed by atoms with Gasteiger partial charge in [0.15, 0.2) is 0 Å². The number of aryl methyl sites for hydroxylation is 1. The van der Waals surface area contributed by atoms with Crippen molar-refractivity contribution in [3.8, 4) is 6.07 Å². The number of benzene rings is 1. The summed E-state index contributed by atoms with van der Waals surface area (Å²) in [5.41, 5.74) is 1.82. The summed E-state index contributed by atoms with van der Waals surface area (Å²) in [5, 5.41) is 12.9. The minimum atomic E-state index is -0.313. The molecule has 0 saturated carbocycles. The number of nitrogens with zero attached hydrogens (tertiary/aromatic N) is 3. The lowest BCUT2D eigenvalue weighted by Gasteiger charge is -2.03. The molecule has 0 amide bonds. The quantitative estimate of drug-likeness (QED) is 0.771. The zero-order valence-electron chi connectivity index (χ0n) is 8.81. The SMILES string of the molecule is Cc1ccn(Cc2cc(C#N)ccc2F)n1.